The number of hydrogen-bond acceptors (Lipinski definition) is 5. The highest BCUT2D eigenvalue weighted by molar-refractivity contribution is 9.10. The number of nitrogens with zero attached hydrogens (tertiary/aromatic N) is 3. The van der Waals surface area contributed by atoms with Crippen molar-refractivity contribution in [3.63, 3.8) is 0 Å². The molecule has 6 nitrogen and oxygen atoms in total. The van der Waals surface area contributed by atoms with Crippen molar-refractivity contribution in [2.75, 3.05) is 13.7 Å². The fraction of sp³-hybridized carbons (Fsp3) is 0.320. The molecule has 33 heavy (non-hydrogen) atoms. The topological polar surface area (TPSA) is 65.7 Å². The van der Waals surface area contributed by atoms with Gasteiger partial charge >= 0.3 is 0 Å². The van der Waals surface area contributed by atoms with E-state index in [-0.39, 0.29) is 11.5 Å². The monoisotopic (exact) mass is 529 g/mol. The minimum absolute atomic E-state index is 0.183. The second-order valence-corrected chi connectivity index (χ2v) is 9.08. The Morgan fingerprint density at radius 2 is 2.06 bits per heavy atom. The highest BCUT2D eigenvalue weighted by Crippen LogP contribution is 2.42. The Morgan fingerprint density at radius 3 is 2.79 bits per heavy atom. The number of fused-ring (bicyclic) bond motifs is 1. The van der Waals surface area contributed by atoms with Crippen molar-refractivity contribution in [1.82, 2.24) is 9.66 Å². The van der Waals surface area contributed by atoms with Gasteiger partial charge in [-0.15, -0.1) is 0 Å². The lowest BCUT2D eigenvalue weighted by atomic mass is 9.88. The highest BCUT2D eigenvalue weighted by atomic mass is 79.9. The molecule has 1 saturated carbocycles. The number of halogens is 2. The number of aromatic nitrogens is 2. The van der Waals surface area contributed by atoms with Crippen LogP contribution in [0.1, 0.15) is 49.4 Å². The second kappa shape index (κ2) is 10.5. The van der Waals surface area contributed by atoms with Gasteiger partial charge in [0.15, 0.2) is 11.5 Å². The summed E-state index contributed by atoms with van der Waals surface area (Å²) in [4.78, 5) is 18.2. The molecule has 0 saturated heterocycles. The molecule has 3 aromatic rings. The highest BCUT2D eigenvalue weighted by Gasteiger charge is 2.23. The molecule has 0 unspecified atom stereocenters. The largest absolute Gasteiger partial charge is 0.493 e. The minimum atomic E-state index is -0.183. The molecular formula is C25H25BrClN3O3. The average molecular weight is 531 g/mol. The van der Waals surface area contributed by atoms with Crippen molar-refractivity contribution in [3.05, 3.63) is 74.2 Å². The maximum absolute atomic E-state index is 13.4. The fourth-order valence-electron chi connectivity index (χ4n) is 4.12. The zero-order valence-corrected chi connectivity index (χ0v) is 20.7. The molecule has 2 aromatic carbocycles. The SMILES string of the molecule is C=CCOc1c(OC)cc(C=Nn2c(C3CCCCC3)nc3ccccc3c2=O)c(Br)c1Cl. The van der Waals surface area contributed by atoms with E-state index < -0.39 is 0 Å². The van der Waals surface area contributed by atoms with Crippen LogP contribution in [0.5, 0.6) is 11.5 Å². The van der Waals surface area contributed by atoms with Crippen LogP contribution >= 0.6 is 27.5 Å². The van der Waals surface area contributed by atoms with Crippen molar-refractivity contribution in [2.45, 2.75) is 38.0 Å². The second-order valence-electron chi connectivity index (χ2n) is 7.91. The number of hydrogen-bond donors (Lipinski definition) is 0. The Kier molecular flexibility index (Phi) is 7.50. The Bertz CT molecular complexity index is 1270. The molecule has 1 aromatic heterocycles. The van der Waals surface area contributed by atoms with Crippen LogP contribution in [-0.2, 0) is 0 Å². The molecule has 0 spiro atoms. The van der Waals surface area contributed by atoms with Gasteiger partial charge in [-0.25, -0.2) is 4.98 Å². The van der Waals surface area contributed by atoms with E-state index in [9.17, 15) is 4.79 Å². The lowest BCUT2D eigenvalue weighted by Crippen LogP contribution is -2.25. The Balaban J connectivity index is 1.82. The molecule has 1 fully saturated rings. The van der Waals surface area contributed by atoms with Crippen LogP contribution in [0.4, 0.5) is 0 Å². The number of para-hydroxylation sites is 1. The molecule has 0 atom stereocenters. The van der Waals surface area contributed by atoms with Crippen molar-refractivity contribution >= 4 is 44.6 Å². The third-order valence-corrected chi connectivity index (χ3v) is 7.23. The van der Waals surface area contributed by atoms with Crippen LogP contribution in [0.3, 0.4) is 0 Å². The molecule has 1 aliphatic rings. The molecule has 4 rings (SSSR count). The summed E-state index contributed by atoms with van der Waals surface area (Å²) in [6, 6.07) is 9.15. The van der Waals surface area contributed by atoms with Crippen LogP contribution in [0.15, 0.2) is 57.4 Å². The van der Waals surface area contributed by atoms with Gasteiger partial charge in [-0.2, -0.15) is 9.78 Å². The third-order valence-electron chi connectivity index (χ3n) is 5.78. The van der Waals surface area contributed by atoms with Gasteiger partial charge in [-0.05, 0) is 47.0 Å². The summed E-state index contributed by atoms with van der Waals surface area (Å²) in [6.07, 6.45) is 8.69. The van der Waals surface area contributed by atoms with Gasteiger partial charge in [-0.3, -0.25) is 4.79 Å². The van der Waals surface area contributed by atoms with Crippen molar-refractivity contribution in [3.8, 4) is 11.5 Å². The van der Waals surface area contributed by atoms with Crippen molar-refractivity contribution in [2.24, 2.45) is 5.10 Å². The molecule has 0 aliphatic heterocycles. The van der Waals surface area contributed by atoms with Crippen LogP contribution in [-0.4, -0.2) is 29.6 Å². The van der Waals surface area contributed by atoms with E-state index in [0.29, 0.717) is 49.9 Å². The summed E-state index contributed by atoms with van der Waals surface area (Å²) in [5.41, 5.74) is 1.17. The summed E-state index contributed by atoms with van der Waals surface area (Å²) in [5.74, 6) is 1.78. The van der Waals surface area contributed by atoms with E-state index in [1.54, 1.807) is 31.5 Å². The Morgan fingerprint density at radius 1 is 1.30 bits per heavy atom. The van der Waals surface area contributed by atoms with Crippen molar-refractivity contribution in [1.29, 1.82) is 0 Å². The summed E-state index contributed by atoms with van der Waals surface area (Å²) in [6.45, 7) is 3.95. The fourth-order valence-corrected chi connectivity index (χ4v) is 4.78. The summed E-state index contributed by atoms with van der Waals surface area (Å²) in [5, 5.41) is 5.48. The van der Waals surface area contributed by atoms with E-state index in [1.165, 1.54) is 11.1 Å². The molecule has 1 heterocycles. The van der Waals surface area contributed by atoms with E-state index in [0.717, 1.165) is 25.7 Å². The standard InChI is InChI=1S/C25H25BrClN3O3/c1-3-13-33-23-20(32-2)14-17(21(26)22(23)27)15-28-30-24(16-9-5-4-6-10-16)29-19-12-8-7-11-18(19)25(30)31/h3,7-8,11-12,14-16H,1,4-6,9-10,13H2,2H3. The number of ether oxygens (including phenoxy) is 2. The molecule has 0 bridgehead atoms. The summed E-state index contributed by atoms with van der Waals surface area (Å²) < 4.78 is 13.2. The zero-order chi connectivity index (χ0) is 23.4. The van der Waals surface area contributed by atoms with Crippen LogP contribution in [0.2, 0.25) is 5.02 Å². The number of benzene rings is 2. The van der Waals surface area contributed by atoms with Gasteiger partial charge in [-0.1, -0.05) is 55.7 Å². The summed E-state index contributed by atoms with van der Waals surface area (Å²) >= 11 is 10.1. The first kappa shape index (κ1) is 23.5. The smallest absolute Gasteiger partial charge is 0.282 e. The van der Waals surface area contributed by atoms with Crippen molar-refractivity contribution < 1.29 is 9.47 Å². The molecule has 0 amide bonds. The first-order chi connectivity index (χ1) is 16.0. The molecule has 0 radical (unpaired) electrons. The molecule has 8 heteroatoms. The quantitative estimate of drug-likeness (QED) is 0.265. The van der Waals surface area contributed by atoms with Gasteiger partial charge < -0.3 is 9.47 Å². The Hall–Kier alpha value is -2.64. The minimum Gasteiger partial charge on any atom is -0.493 e. The zero-order valence-electron chi connectivity index (χ0n) is 18.4. The number of methoxy groups -OCH3 is 1. The van der Waals surface area contributed by atoms with Gasteiger partial charge in [0.25, 0.3) is 5.56 Å². The Labute approximate surface area is 206 Å². The van der Waals surface area contributed by atoms with Gasteiger partial charge in [0, 0.05) is 16.0 Å². The van der Waals surface area contributed by atoms with Crippen LogP contribution in [0.25, 0.3) is 10.9 Å². The van der Waals surface area contributed by atoms with E-state index >= 15 is 0 Å². The van der Waals surface area contributed by atoms with E-state index in [1.807, 2.05) is 18.2 Å². The molecule has 0 N–H and O–H groups in total. The lowest BCUT2D eigenvalue weighted by molar-refractivity contribution is 0.326. The van der Waals surface area contributed by atoms with Crippen LogP contribution < -0.4 is 15.0 Å². The van der Waals surface area contributed by atoms with Gasteiger partial charge in [0.05, 0.1) is 24.2 Å². The van der Waals surface area contributed by atoms with Gasteiger partial charge in [0.1, 0.15) is 17.5 Å². The first-order valence-electron chi connectivity index (χ1n) is 10.9. The van der Waals surface area contributed by atoms with Gasteiger partial charge in [0.2, 0.25) is 0 Å². The van der Waals surface area contributed by atoms with E-state index in [2.05, 4.69) is 27.6 Å². The lowest BCUT2D eigenvalue weighted by Gasteiger charge is -2.22. The number of rotatable bonds is 7. The molecular weight excluding hydrogens is 506 g/mol. The first-order valence-corrected chi connectivity index (χ1v) is 12.1. The van der Waals surface area contributed by atoms with Crippen LogP contribution in [0, 0.1) is 0 Å². The normalized spacial score (nSPS) is 14.6. The third kappa shape index (κ3) is 4.84. The molecule has 1 aliphatic carbocycles. The maximum Gasteiger partial charge on any atom is 0.282 e. The maximum atomic E-state index is 13.4. The predicted molar refractivity (Wildman–Crippen MR) is 136 cm³/mol. The van der Waals surface area contributed by atoms with E-state index in [4.69, 9.17) is 26.1 Å². The average Bonchev–Trinajstić information content (AvgIpc) is 2.85. The predicted octanol–water partition coefficient (Wildman–Crippen LogP) is 6.32. The molecule has 172 valence electrons. The summed E-state index contributed by atoms with van der Waals surface area (Å²) in [7, 11) is 1.54.